The molecule has 0 aliphatic rings. The third kappa shape index (κ3) is 4.56. The molecule has 26 heavy (non-hydrogen) atoms. The predicted octanol–water partition coefficient (Wildman–Crippen LogP) is 4.07. The predicted molar refractivity (Wildman–Crippen MR) is 98.5 cm³/mol. The van der Waals surface area contributed by atoms with E-state index < -0.39 is 12.7 Å². The second-order valence-corrected chi connectivity index (χ2v) is 5.84. The molecular formula is C18H19ClF2N4O. The maximum atomic E-state index is 13.9. The summed E-state index contributed by atoms with van der Waals surface area (Å²) in [6.07, 6.45) is 0. The number of alkyl halides is 1. The molecule has 0 aliphatic heterocycles. The van der Waals surface area contributed by atoms with Crippen molar-refractivity contribution in [2.24, 2.45) is 0 Å². The smallest absolute Gasteiger partial charge is 0.228 e. The molecule has 1 heterocycles. The largest absolute Gasteiger partial charge is 0.460 e. The van der Waals surface area contributed by atoms with Crippen molar-refractivity contribution in [1.82, 2.24) is 20.1 Å². The minimum absolute atomic E-state index is 0. The van der Waals surface area contributed by atoms with E-state index in [-0.39, 0.29) is 18.2 Å². The summed E-state index contributed by atoms with van der Waals surface area (Å²) in [4.78, 5) is 6.50. The molecule has 0 unspecified atom stereocenters. The van der Waals surface area contributed by atoms with Gasteiger partial charge < -0.3 is 9.64 Å². The molecule has 0 saturated heterocycles. The fraction of sp³-hybridized carbons (Fsp3) is 0.222. The monoisotopic (exact) mass is 380 g/mol. The quantitative estimate of drug-likeness (QED) is 0.700. The van der Waals surface area contributed by atoms with E-state index in [1.54, 1.807) is 6.07 Å². The zero-order chi connectivity index (χ0) is 17.8. The van der Waals surface area contributed by atoms with Crippen molar-refractivity contribution in [1.29, 1.82) is 0 Å². The molecule has 0 aliphatic carbocycles. The second-order valence-electron chi connectivity index (χ2n) is 5.84. The first-order chi connectivity index (χ1) is 12.1. The summed E-state index contributed by atoms with van der Waals surface area (Å²) in [5.41, 5.74) is 2.53. The third-order valence-electron chi connectivity index (χ3n) is 3.58. The standard InChI is InChI=1S/C18H18F2N4O.ClH/c1-24(2)10-12-4-3-5-13(8-12)17-21-18(23-22-17)14-6-7-16(25-11-19)15(20)9-14;/h3-9H,10-11H2,1-2H3,(H,21,22,23);1H. The number of ether oxygens (including phenoxy) is 1. The Bertz CT molecular complexity index is 870. The fourth-order valence-corrected chi connectivity index (χ4v) is 2.52. The molecule has 0 bridgehead atoms. The summed E-state index contributed by atoms with van der Waals surface area (Å²) in [6.45, 7) is -0.265. The van der Waals surface area contributed by atoms with E-state index in [1.807, 2.05) is 38.4 Å². The Labute approximate surface area is 156 Å². The van der Waals surface area contributed by atoms with Crippen LogP contribution in [-0.4, -0.2) is 41.0 Å². The van der Waals surface area contributed by atoms with Gasteiger partial charge >= 0.3 is 0 Å². The number of nitrogens with one attached hydrogen (secondary N) is 1. The molecule has 2 aromatic carbocycles. The number of hydrogen-bond donors (Lipinski definition) is 1. The van der Waals surface area contributed by atoms with Gasteiger partial charge in [0.05, 0.1) is 0 Å². The molecule has 8 heteroatoms. The van der Waals surface area contributed by atoms with Crippen LogP contribution in [0.4, 0.5) is 8.78 Å². The van der Waals surface area contributed by atoms with Gasteiger partial charge in [-0.2, -0.15) is 5.10 Å². The van der Waals surface area contributed by atoms with Gasteiger partial charge in [-0.3, -0.25) is 5.10 Å². The van der Waals surface area contributed by atoms with Crippen molar-refractivity contribution in [3.63, 3.8) is 0 Å². The Morgan fingerprint density at radius 2 is 1.92 bits per heavy atom. The van der Waals surface area contributed by atoms with E-state index in [2.05, 4.69) is 24.8 Å². The summed E-state index contributed by atoms with van der Waals surface area (Å²) in [5, 5.41) is 7.01. The Hall–Kier alpha value is -2.51. The normalized spacial score (nSPS) is 10.7. The zero-order valence-electron chi connectivity index (χ0n) is 14.4. The van der Waals surface area contributed by atoms with E-state index in [4.69, 9.17) is 0 Å². The molecular weight excluding hydrogens is 362 g/mol. The number of nitrogens with zero attached hydrogens (tertiary/aromatic N) is 3. The van der Waals surface area contributed by atoms with Crippen LogP contribution in [0.5, 0.6) is 5.75 Å². The van der Waals surface area contributed by atoms with Gasteiger partial charge in [-0.15, -0.1) is 12.4 Å². The number of hydrogen-bond acceptors (Lipinski definition) is 4. The number of benzene rings is 2. The molecule has 0 spiro atoms. The highest BCUT2D eigenvalue weighted by Crippen LogP contribution is 2.25. The lowest BCUT2D eigenvalue weighted by Gasteiger charge is -2.09. The number of H-pyrrole nitrogens is 1. The Morgan fingerprint density at radius 1 is 1.12 bits per heavy atom. The molecule has 0 amide bonds. The lowest BCUT2D eigenvalue weighted by Crippen LogP contribution is -2.10. The van der Waals surface area contributed by atoms with Crippen LogP contribution in [0.25, 0.3) is 22.8 Å². The average Bonchev–Trinajstić information content (AvgIpc) is 3.06. The van der Waals surface area contributed by atoms with Crippen molar-refractivity contribution in [3.05, 3.63) is 53.8 Å². The molecule has 0 radical (unpaired) electrons. The summed E-state index contributed by atoms with van der Waals surface area (Å²) < 4.78 is 30.6. The van der Waals surface area contributed by atoms with Crippen LogP contribution in [0.3, 0.4) is 0 Å². The molecule has 5 nitrogen and oxygen atoms in total. The van der Waals surface area contributed by atoms with Crippen LogP contribution in [0.15, 0.2) is 42.5 Å². The highest BCUT2D eigenvalue weighted by Gasteiger charge is 2.11. The first-order valence-electron chi connectivity index (χ1n) is 7.72. The molecule has 0 saturated carbocycles. The third-order valence-corrected chi connectivity index (χ3v) is 3.58. The first kappa shape index (κ1) is 19.8. The second kappa shape index (κ2) is 8.73. The van der Waals surface area contributed by atoms with Gasteiger partial charge in [0.2, 0.25) is 6.86 Å². The topological polar surface area (TPSA) is 54.0 Å². The number of halogens is 3. The van der Waals surface area contributed by atoms with E-state index in [0.29, 0.717) is 17.2 Å². The van der Waals surface area contributed by atoms with Crippen molar-refractivity contribution in [3.8, 4) is 28.5 Å². The SMILES string of the molecule is CN(C)Cc1cccc(-c2n[nH]c(-c3ccc(OCF)c(F)c3)n2)c1.Cl. The summed E-state index contributed by atoms with van der Waals surface area (Å²) >= 11 is 0. The van der Waals surface area contributed by atoms with E-state index in [0.717, 1.165) is 17.7 Å². The highest BCUT2D eigenvalue weighted by molar-refractivity contribution is 5.85. The molecule has 0 fully saturated rings. The molecule has 138 valence electrons. The minimum Gasteiger partial charge on any atom is -0.460 e. The molecule has 1 N–H and O–H groups in total. The van der Waals surface area contributed by atoms with Crippen molar-refractivity contribution in [2.75, 3.05) is 21.0 Å². The van der Waals surface area contributed by atoms with Gasteiger partial charge in [-0.05, 0) is 43.9 Å². The maximum Gasteiger partial charge on any atom is 0.228 e. The number of aromatic amines is 1. The van der Waals surface area contributed by atoms with E-state index >= 15 is 0 Å². The maximum absolute atomic E-state index is 13.9. The van der Waals surface area contributed by atoms with Gasteiger partial charge in [0, 0.05) is 17.7 Å². The van der Waals surface area contributed by atoms with Crippen LogP contribution in [0.1, 0.15) is 5.56 Å². The average molecular weight is 381 g/mol. The number of rotatable bonds is 6. The van der Waals surface area contributed by atoms with Crippen molar-refractivity contribution >= 4 is 12.4 Å². The lowest BCUT2D eigenvalue weighted by molar-refractivity contribution is 0.184. The first-order valence-corrected chi connectivity index (χ1v) is 7.72. The molecule has 0 atom stereocenters. The molecule has 3 rings (SSSR count). The van der Waals surface area contributed by atoms with Crippen LogP contribution in [0.2, 0.25) is 0 Å². The van der Waals surface area contributed by atoms with Crippen molar-refractivity contribution < 1.29 is 13.5 Å². The van der Waals surface area contributed by atoms with Gasteiger partial charge in [-0.25, -0.2) is 13.8 Å². The summed E-state index contributed by atoms with van der Waals surface area (Å²) in [5.74, 6) is 0.169. The number of aromatic nitrogens is 3. The van der Waals surface area contributed by atoms with Crippen LogP contribution < -0.4 is 4.74 Å². The summed E-state index contributed by atoms with van der Waals surface area (Å²) in [6, 6.07) is 12.1. The lowest BCUT2D eigenvalue weighted by atomic mass is 10.1. The summed E-state index contributed by atoms with van der Waals surface area (Å²) in [7, 11) is 4.00. The Balaban J connectivity index is 0.00000243. The van der Waals surface area contributed by atoms with E-state index in [1.165, 1.54) is 12.1 Å². The van der Waals surface area contributed by atoms with Crippen LogP contribution in [0, 0.1) is 5.82 Å². The van der Waals surface area contributed by atoms with Crippen LogP contribution >= 0.6 is 12.4 Å². The zero-order valence-corrected chi connectivity index (χ0v) is 15.2. The Morgan fingerprint density at radius 3 is 2.62 bits per heavy atom. The molecule has 3 aromatic rings. The minimum atomic E-state index is -1.08. The van der Waals surface area contributed by atoms with E-state index in [9.17, 15) is 8.78 Å². The van der Waals surface area contributed by atoms with Gasteiger partial charge in [-0.1, -0.05) is 18.2 Å². The highest BCUT2D eigenvalue weighted by atomic mass is 35.5. The van der Waals surface area contributed by atoms with Gasteiger partial charge in [0.15, 0.2) is 23.2 Å². The van der Waals surface area contributed by atoms with Gasteiger partial charge in [0.1, 0.15) is 0 Å². The van der Waals surface area contributed by atoms with Gasteiger partial charge in [0.25, 0.3) is 0 Å². The Kier molecular flexibility index (Phi) is 6.65. The van der Waals surface area contributed by atoms with Crippen LogP contribution in [-0.2, 0) is 6.54 Å². The molecule has 1 aromatic heterocycles. The fourth-order valence-electron chi connectivity index (χ4n) is 2.52. The van der Waals surface area contributed by atoms with Crippen molar-refractivity contribution in [2.45, 2.75) is 6.54 Å².